The van der Waals surface area contributed by atoms with Gasteiger partial charge in [-0.15, -0.1) is 0 Å². The average Bonchev–Trinajstić information content (AvgIpc) is 2.73. The van der Waals surface area contributed by atoms with Crippen LogP contribution in [0.4, 0.5) is 5.69 Å². The lowest BCUT2D eigenvalue weighted by Gasteiger charge is -2.30. The minimum absolute atomic E-state index is 0.174. The molecule has 3 rings (SSSR count). The van der Waals surface area contributed by atoms with Gasteiger partial charge in [-0.2, -0.15) is 0 Å². The van der Waals surface area contributed by atoms with Gasteiger partial charge in [0.2, 0.25) is 0 Å². The van der Waals surface area contributed by atoms with Crippen molar-refractivity contribution in [3.8, 4) is 0 Å². The summed E-state index contributed by atoms with van der Waals surface area (Å²) in [6.45, 7) is 10.9. The third kappa shape index (κ3) is 6.84. The van der Waals surface area contributed by atoms with Gasteiger partial charge in [0, 0.05) is 51.4 Å². The Morgan fingerprint density at radius 3 is 1.96 bits per heavy atom. The molecule has 1 aromatic rings. The van der Waals surface area contributed by atoms with E-state index in [1.165, 1.54) is 18.4 Å². The zero-order chi connectivity index (χ0) is 18.9. The van der Waals surface area contributed by atoms with Crippen LogP contribution in [0.2, 0.25) is 0 Å². The van der Waals surface area contributed by atoms with Crippen LogP contribution in [0.15, 0.2) is 24.3 Å². The van der Waals surface area contributed by atoms with Crippen LogP contribution < -0.4 is 10.6 Å². The van der Waals surface area contributed by atoms with Crippen LogP contribution in [0, 0.1) is 16.0 Å². The summed E-state index contributed by atoms with van der Waals surface area (Å²) in [6.07, 6.45) is 3.35. The van der Waals surface area contributed by atoms with Gasteiger partial charge in [-0.05, 0) is 56.9 Å². The van der Waals surface area contributed by atoms with Crippen LogP contribution in [0.1, 0.15) is 18.4 Å². The van der Waals surface area contributed by atoms with Crippen molar-refractivity contribution in [1.82, 2.24) is 20.4 Å². The van der Waals surface area contributed by atoms with E-state index >= 15 is 0 Å². The molecule has 2 heterocycles. The first-order chi connectivity index (χ1) is 13.2. The van der Waals surface area contributed by atoms with E-state index in [4.69, 9.17) is 0 Å². The van der Waals surface area contributed by atoms with Crippen LogP contribution >= 0.6 is 0 Å². The van der Waals surface area contributed by atoms with Crippen molar-refractivity contribution in [1.29, 1.82) is 0 Å². The molecule has 0 saturated carbocycles. The van der Waals surface area contributed by atoms with E-state index in [0.29, 0.717) is 5.92 Å². The first-order valence-corrected chi connectivity index (χ1v) is 10.3. The summed E-state index contributed by atoms with van der Waals surface area (Å²) in [7, 11) is 0. The number of nitrogens with zero attached hydrogens (tertiary/aromatic N) is 3. The molecule has 2 aliphatic rings. The van der Waals surface area contributed by atoms with Crippen LogP contribution in [-0.2, 0) is 6.42 Å². The normalized spacial score (nSPS) is 28.2. The number of hydrogen-bond donors (Lipinski definition) is 2. The standard InChI is InChI=1S/C20H33N5O2/c26-25(27)20-5-3-18(4-6-20)15-19-16-23-11-1-7-21-9-14-24(17-19)12-2-8-22-10-13-23/h3-6,19,21-22H,1-2,7-17H2. The molecule has 2 N–H and O–H groups in total. The fourth-order valence-electron chi connectivity index (χ4n) is 4.17. The van der Waals surface area contributed by atoms with Gasteiger partial charge in [-0.3, -0.25) is 10.1 Å². The number of nitro benzene ring substituents is 1. The van der Waals surface area contributed by atoms with Gasteiger partial charge in [0.1, 0.15) is 0 Å². The van der Waals surface area contributed by atoms with Gasteiger partial charge in [-0.1, -0.05) is 12.1 Å². The van der Waals surface area contributed by atoms with Crippen molar-refractivity contribution >= 4 is 5.69 Å². The largest absolute Gasteiger partial charge is 0.315 e. The summed E-state index contributed by atoms with van der Waals surface area (Å²) >= 11 is 0. The Bertz CT molecular complexity index is 542. The molecule has 2 bridgehead atoms. The number of non-ortho nitro benzene ring substituents is 1. The lowest BCUT2D eigenvalue weighted by molar-refractivity contribution is -0.384. The van der Waals surface area contributed by atoms with Crippen molar-refractivity contribution in [3.63, 3.8) is 0 Å². The second-order valence-electron chi connectivity index (χ2n) is 7.80. The number of nitro groups is 1. The summed E-state index contributed by atoms with van der Waals surface area (Å²) < 4.78 is 0. The van der Waals surface area contributed by atoms with Gasteiger partial charge in [0.15, 0.2) is 0 Å². The number of nitrogens with one attached hydrogen (secondary N) is 2. The predicted molar refractivity (Wildman–Crippen MR) is 108 cm³/mol. The summed E-state index contributed by atoms with van der Waals surface area (Å²) in [6, 6.07) is 7.13. The summed E-state index contributed by atoms with van der Waals surface area (Å²) in [5, 5.41) is 18.1. The number of hydrogen-bond acceptors (Lipinski definition) is 6. The van der Waals surface area contributed by atoms with Gasteiger partial charge in [0.05, 0.1) is 4.92 Å². The Kier molecular flexibility index (Phi) is 8.01. The molecule has 0 aromatic heterocycles. The zero-order valence-electron chi connectivity index (χ0n) is 16.2. The molecule has 0 radical (unpaired) electrons. The van der Waals surface area contributed by atoms with Crippen molar-refractivity contribution in [2.24, 2.45) is 5.92 Å². The molecule has 7 heteroatoms. The topological polar surface area (TPSA) is 73.7 Å². The van der Waals surface area contributed by atoms with E-state index in [0.717, 1.165) is 71.9 Å². The van der Waals surface area contributed by atoms with Gasteiger partial charge >= 0.3 is 0 Å². The highest BCUT2D eigenvalue weighted by atomic mass is 16.6. The molecule has 2 fully saturated rings. The quantitative estimate of drug-likeness (QED) is 0.614. The molecule has 2 saturated heterocycles. The van der Waals surface area contributed by atoms with Crippen LogP contribution in [0.5, 0.6) is 0 Å². The van der Waals surface area contributed by atoms with Crippen LogP contribution in [0.25, 0.3) is 0 Å². The van der Waals surface area contributed by atoms with Crippen molar-refractivity contribution in [2.75, 3.05) is 65.4 Å². The monoisotopic (exact) mass is 375 g/mol. The lowest BCUT2D eigenvalue weighted by atomic mass is 9.97. The van der Waals surface area contributed by atoms with Gasteiger partial charge in [-0.25, -0.2) is 0 Å². The van der Waals surface area contributed by atoms with Crippen molar-refractivity contribution < 1.29 is 4.92 Å². The molecular weight excluding hydrogens is 342 g/mol. The Morgan fingerprint density at radius 2 is 1.44 bits per heavy atom. The fraction of sp³-hybridized carbons (Fsp3) is 0.700. The molecular formula is C20H33N5O2. The van der Waals surface area contributed by atoms with E-state index in [1.807, 2.05) is 12.1 Å². The first-order valence-electron chi connectivity index (χ1n) is 10.3. The molecule has 1 aromatic carbocycles. The molecule has 2 aliphatic heterocycles. The summed E-state index contributed by atoms with van der Waals surface area (Å²) in [5.74, 6) is 0.544. The molecule has 0 amide bonds. The van der Waals surface area contributed by atoms with E-state index in [1.54, 1.807) is 12.1 Å². The summed E-state index contributed by atoms with van der Waals surface area (Å²) in [5.41, 5.74) is 1.37. The van der Waals surface area contributed by atoms with Crippen molar-refractivity contribution in [2.45, 2.75) is 19.3 Å². The Balaban J connectivity index is 1.73. The highest BCUT2D eigenvalue weighted by Gasteiger charge is 2.20. The molecule has 0 spiro atoms. The maximum atomic E-state index is 10.9. The van der Waals surface area contributed by atoms with Crippen LogP contribution in [-0.4, -0.2) is 80.2 Å². The van der Waals surface area contributed by atoms with E-state index in [2.05, 4.69) is 20.4 Å². The minimum atomic E-state index is -0.324. The SMILES string of the molecule is O=[N+]([O-])c1ccc(CC2CN3CCCNCCN(CCCNCC3)C2)cc1. The van der Waals surface area contributed by atoms with Crippen LogP contribution in [0.3, 0.4) is 0 Å². The number of fused-ring (bicyclic) bond motifs is 4. The molecule has 2 unspecified atom stereocenters. The lowest BCUT2D eigenvalue weighted by Crippen LogP contribution is -2.40. The maximum absolute atomic E-state index is 10.9. The van der Waals surface area contributed by atoms with E-state index in [9.17, 15) is 10.1 Å². The number of rotatable bonds is 3. The molecule has 0 aliphatic carbocycles. The Morgan fingerprint density at radius 1 is 0.889 bits per heavy atom. The third-order valence-electron chi connectivity index (χ3n) is 5.57. The Labute approximate surface area is 162 Å². The fourth-order valence-corrected chi connectivity index (χ4v) is 4.17. The molecule has 7 nitrogen and oxygen atoms in total. The third-order valence-corrected chi connectivity index (χ3v) is 5.57. The highest BCUT2D eigenvalue weighted by molar-refractivity contribution is 5.33. The number of benzene rings is 1. The van der Waals surface area contributed by atoms with Gasteiger partial charge in [0.25, 0.3) is 5.69 Å². The van der Waals surface area contributed by atoms with E-state index < -0.39 is 0 Å². The minimum Gasteiger partial charge on any atom is -0.315 e. The summed E-state index contributed by atoms with van der Waals surface area (Å²) in [4.78, 5) is 15.8. The molecule has 150 valence electrons. The molecule has 2 atom stereocenters. The second kappa shape index (κ2) is 10.7. The maximum Gasteiger partial charge on any atom is 0.269 e. The predicted octanol–water partition coefficient (Wildman–Crippen LogP) is 1.34. The highest BCUT2D eigenvalue weighted by Crippen LogP contribution is 2.17. The van der Waals surface area contributed by atoms with Crippen molar-refractivity contribution in [3.05, 3.63) is 39.9 Å². The Hall–Kier alpha value is -1.54. The van der Waals surface area contributed by atoms with E-state index in [-0.39, 0.29) is 10.6 Å². The smallest absolute Gasteiger partial charge is 0.269 e. The molecule has 27 heavy (non-hydrogen) atoms. The van der Waals surface area contributed by atoms with Gasteiger partial charge < -0.3 is 20.4 Å². The first kappa shape index (κ1) is 20.2. The zero-order valence-corrected chi connectivity index (χ0v) is 16.2. The second-order valence-corrected chi connectivity index (χ2v) is 7.80. The average molecular weight is 376 g/mol.